The molecule has 0 aliphatic heterocycles. The fourth-order valence-corrected chi connectivity index (χ4v) is 4.56. The summed E-state index contributed by atoms with van der Waals surface area (Å²) in [7, 11) is 0. The van der Waals surface area contributed by atoms with Crippen LogP contribution in [-0.4, -0.2) is 5.54 Å². The standard InChI is InChI=1S/C11H19N/c1-7-4-5-11(12)9-3-2-8(6-9)10(7)11/h7-10H,2-6,12H2,1H3. The molecular weight excluding hydrogens is 146 g/mol. The van der Waals surface area contributed by atoms with Gasteiger partial charge in [-0.1, -0.05) is 6.92 Å². The first kappa shape index (κ1) is 7.37. The molecule has 2 N–H and O–H groups in total. The summed E-state index contributed by atoms with van der Waals surface area (Å²) in [6.45, 7) is 2.42. The van der Waals surface area contributed by atoms with Crippen LogP contribution in [0.3, 0.4) is 0 Å². The molecule has 0 amide bonds. The lowest BCUT2D eigenvalue weighted by Gasteiger charge is -2.37. The van der Waals surface area contributed by atoms with Crippen molar-refractivity contribution in [1.82, 2.24) is 0 Å². The van der Waals surface area contributed by atoms with E-state index in [-0.39, 0.29) is 0 Å². The van der Waals surface area contributed by atoms with Crippen molar-refractivity contribution in [2.75, 3.05) is 0 Å². The summed E-state index contributed by atoms with van der Waals surface area (Å²) >= 11 is 0. The zero-order valence-corrected chi connectivity index (χ0v) is 7.92. The molecule has 5 unspecified atom stereocenters. The van der Waals surface area contributed by atoms with Gasteiger partial charge in [0.25, 0.3) is 0 Å². The highest BCUT2D eigenvalue weighted by molar-refractivity contribution is 5.14. The Kier molecular flexibility index (Phi) is 1.27. The Morgan fingerprint density at radius 1 is 1.25 bits per heavy atom. The van der Waals surface area contributed by atoms with E-state index in [1.165, 1.54) is 32.1 Å². The molecule has 68 valence electrons. The van der Waals surface area contributed by atoms with Gasteiger partial charge in [0.15, 0.2) is 0 Å². The van der Waals surface area contributed by atoms with Gasteiger partial charge in [0.1, 0.15) is 0 Å². The highest BCUT2D eigenvalue weighted by atomic mass is 14.9. The van der Waals surface area contributed by atoms with Crippen molar-refractivity contribution in [2.24, 2.45) is 29.4 Å². The van der Waals surface area contributed by atoms with Crippen LogP contribution in [0, 0.1) is 23.7 Å². The molecule has 0 spiro atoms. The second-order valence-electron chi connectivity index (χ2n) is 5.42. The van der Waals surface area contributed by atoms with E-state index in [0.717, 1.165) is 23.7 Å². The smallest absolute Gasteiger partial charge is 0.0216 e. The molecule has 0 aromatic carbocycles. The van der Waals surface area contributed by atoms with E-state index in [2.05, 4.69) is 6.92 Å². The summed E-state index contributed by atoms with van der Waals surface area (Å²) in [5.74, 6) is 3.73. The van der Waals surface area contributed by atoms with Gasteiger partial charge in [-0.15, -0.1) is 0 Å². The van der Waals surface area contributed by atoms with Gasteiger partial charge in [-0.2, -0.15) is 0 Å². The minimum atomic E-state index is 0.294. The second kappa shape index (κ2) is 2.06. The molecule has 5 atom stereocenters. The molecule has 12 heavy (non-hydrogen) atoms. The first-order valence-corrected chi connectivity index (χ1v) is 5.50. The lowest BCUT2D eigenvalue weighted by Crippen LogP contribution is -2.49. The van der Waals surface area contributed by atoms with Crippen molar-refractivity contribution in [2.45, 2.75) is 44.6 Å². The van der Waals surface area contributed by atoms with E-state index in [9.17, 15) is 0 Å². The Morgan fingerprint density at radius 2 is 2.08 bits per heavy atom. The second-order valence-corrected chi connectivity index (χ2v) is 5.42. The van der Waals surface area contributed by atoms with E-state index >= 15 is 0 Å². The summed E-state index contributed by atoms with van der Waals surface area (Å²) in [4.78, 5) is 0. The summed E-state index contributed by atoms with van der Waals surface area (Å²) in [6, 6.07) is 0. The van der Waals surface area contributed by atoms with E-state index in [1.54, 1.807) is 0 Å². The topological polar surface area (TPSA) is 26.0 Å². The van der Waals surface area contributed by atoms with Crippen molar-refractivity contribution in [1.29, 1.82) is 0 Å². The van der Waals surface area contributed by atoms with Crippen LogP contribution in [0.2, 0.25) is 0 Å². The maximum atomic E-state index is 6.54. The third-order valence-electron chi connectivity index (χ3n) is 5.01. The Morgan fingerprint density at radius 3 is 2.83 bits per heavy atom. The summed E-state index contributed by atoms with van der Waals surface area (Å²) in [5.41, 5.74) is 6.83. The van der Waals surface area contributed by atoms with Crippen LogP contribution in [-0.2, 0) is 0 Å². The van der Waals surface area contributed by atoms with Crippen LogP contribution in [0.25, 0.3) is 0 Å². The number of rotatable bonds is 0. The average molecular weight is 165 g/mol. The van der Waals surface area contributed by atoms with Gasteiger partial charge >= 0.3 is 0 Å². The SMILES string of the molecule is CC1CCC2(N)C3CCC(C3)C12. The van der Waals surface area contributed by atoms with Gasteiger partial charge in [-0.3, -0.25) is 0 Å². The monoisotopic (exact) mass is 165 g/mol. The Labute approximate surface area is 74.7 Å². The third kappa shape index (κ3) is 0.654. The number of nitrogens with two attached hydrogens (primary N) is 1. The molecule has 0 radical (unpaired) electrons. The Bertz CT molecular complexity index is 213. The zero-order valence-electron chi connectivity index (χ0n) is 7.92. The molecule has 0 saturated heterocycles. The summed E-state index contributed by atoms with van der Waals surface area (Å²) < 4.78 is 0. The van der Waals surface area contributed by atoms with Gasteiger partial charge in [-0.05, 0) is 55.8 Å². The maximum Gasteiger partial charge on any atom is 0.0216 e. The van der Waals surface area contributed by atoms with E-state index in [1.807, 2.05) is 0 Å². The fraction of sp³-hybridized carbons (Fsp3) is 1.00. The number of hydrogen-bond acceptors (Lipinski definition) is 1. The number of fused-ring (bicyclic) bond motifs is 5. The number of hydrogen-bond donors (Lipinski definition) is 1. The molecule has 1 nitrogen and oxygen atoms in total. The predicted molar refractivity (Wildman–Crippen MR) is 49.6 cm³/mol. The van der Waals surface area contributed by atoms with Crippen LogP contribution < -0.4 is 5.73 Å². The van der Waals surface area contributed by atoms with Crippen molar-refractivity contribution in [3.8, 4) is 0 Å². The molecule has 3 aliphatic carbocycles. The predicted octanol–water partition coefficient (Wildman–Crippen LogP) is 2.16. The van der Waals surface area contributed by atoms with Crippen LogP contribution >= 0.6 is 0 Å². The van der Waals surface area contributed by atoms with Crippen molar-refractivity contribution < 1.29 is 0 Å². The van der Waals surface area contributed by atoms with Crippen LogP contribution in [0.4, 0.5) is 0 Å². The molecule has 1 heteroatoms. The maximum absolute atomic E-state index is 6.54. The molecular formula is C11H19N. The van der Waals surface area contributed by atoms with E-state index < -0.39 is 0 Å². The van der Waals surface area contributed by atoms with Gasteiger partial charge in [0, 0.05) is 5.54 Å². The molecule has 0 heterocycles. The molecule has 3 rings (SSSR count). The first-order chi connectivity index (χ1) is 5.72. The van der Waals surface area contributed by atoms with Gasteiger partial charge in [-0.25, -0.2) is 0 Å². The molecule has 2 bridgehead atoms. The zero-order chi connectivity index (χ0) is 8.34. The van der Waals surface area contributed by atoms with Gasteiger partial charge in [0.05, 0.1) is 0 Å². The van der Waals surface area contributed by atoms with Crippen molar-refractivity contribution in [3.63, 3.8) is 0 Å². The average Bonchev–Trinajstić information content (AvgIpc) is 2.63. The lowest BCUT2D eigenvalue weighted by molar-refractivity contribution is 0.181. The Hall–Kier alpha value is -0.0400. The minimum absolute atomic E-state index is 0.294. The molecule has 3 fully saturated rings. The highest BCUT2D eigenvalue weighted by Crippen LogP contribution is 2.61. The largest absolute Gasteiger partial charge is 0.325 e. The minimum Gasteiger partial charge on any atom is -0.325 e. The lowest BCUT2D eigenvalue weighted by atomic mass is 9.73. The van der Waals surface area contributed by atoms with Gasteiger partial charge in [0.2, 0.25) is 0 Å². The summed E-state index contributed by atoms with van der Waals surface area (Å²) in [5, 5.41) is 0. The normalized spacial score (nSPS) is 62.5. The van der Waals surface area contributed by atoms with Crippen molar-refractivity contribution >= 4 is 0 Å². The van der Waals surface area contributed by atoms with E-state index in [4.69, 9.17) is 5.73 Å². The quantitative estimate of drug-likeness (QED) is 0.585. The fourth-order valence-electron chi connectivity index (χ4n) is 4.56. The first-order valence-electron chi connectivity index (χ1n) is 5.50. The van der Waals surface area contributed by atoms with E-state index in [0.29, 0.717) is 5.54 Å². The van der Waals surface area contributed by atoms with Crippen molar-refractivity contribution in [3.05, 3.63) is 0 Å². The van der Waals surface area contributed by atoms with Crippen LogP contribution in [0.15, 0.2) is 0 Å². The highest BCUT2D eigenvalue weighted by Gasteiger charge is 2.59. The molecule has 0 aromatic rings. The molecule has 0 aromatic heterocycles. The third-order valence-corrected chi connectivity index (χ3v) is 5.01. The van der Waals surface area contributed by atoms with Gasteiger partial charge < -0.3 is 5.73 Å². The van der Waals surface area contributed by atoms with Crippen LogP contribution in [0.5, 0.6) is 0 Å². The molecule has 3 saturated carbocycles. The van der Waals surface area contributed by atoms with Crippen LogP contribution in [0.1, 0.15) is 39.0 Å². The molecule has 3 aliphatic rings. The Balaban J connectivity index is 1.99. The summed E-state index contributed by atoms with van der Waals surface area (Å²) in [6.07, 6.45) is 7.10.